The van der Waals surface area contributed by atoms with E-state index < -0.39 is 0 Å². The summed E-state index contributed by atoms with van der Waals surface area (Å²) in [6.07, 6.45) is 4.93. The maximum atomic E-state index is 14.2. The zero-order valence-electron chi connectivity index (χ0n) is 22.9. The number of fused-ring (bicyclic) bond motifs is 2. The number of nitrogens with zero attached hydrogens (tertiary/aromatic N) is 6. The van der Waals surface area contributed by atoms with Crippen molar-refractivity contribution in [3.8, 4) is 12.1 Å². The Hall–Kier alpha value is -3.00. The van der Waals surface area contributed by atoms with Gasteiger partial charge in [0.2, 0.25) is 0 Å². The molecule has 4 aliphatic rings. The van der Waals surface area contributed by atoms with Crippen molar-refractivity contribution in [2.75, 3.05) is 63.2 Å². The van der Waals surface area contributed by atoms with E-state index in [1.165, 1.54) is 11.1 Å². The van der Waals surface area contributed by atoms with Crippen LogP contribution in [0.4, 0.5) is 15.9 Å². The molecule has 1 aliphatic carbocycles. The summed E-state index contributed by atoms with van der Waals surface area (Å²) < 4.78 is 26.4. The van der Waals surface area contributed by atoms with E-state index in [9.17, 15) is 9.65 Å². The minimum atomic E-state index is -0.183. The number of hydrogen-bond donors (Lipinski definition) is 1. The van der Waals surface area contributed by atoms with Gasteiger partial charge in [-0.15, -0.1) is 0 Å². The van der Waals surface area contributed by atoms with Crippen molar-refractivity contribution in [1.29, 1.82) is 5.26 Å². The number of halogens is 1. The fraction of sp³-hybridized carbons (Fsp3) is 0.621. The summed E-state index contributed by atoms with van der Waals surface area (Å²) in [5.74, 6) is 0.750. The second-order valence-corrected chi connectivity index (χ2v) is 11.3. The minimum Gasteiger partial charge on any atom is -0.456 e. The van der Waals surface area contributed by atoms with Crippen LogP contribution in [0.2, 0.25) is 0 Å². The smallest absolute Gasteiger partial charge is 0.319 e. The number of ether oxygens (including phenoxy) is 2. The quantitative estimate of drug-likeness (QED) is 0.599. The molecular formula is C29H38FN7O2. The van der Waals surface area contributed by atoms with Gasteiger partial charge >= 0.3 is 6.01 Å². The molecule has 0 bridgehead atoms. The van der Waals surface area contributed by atoms with Crippen LogP contribution in [-0.4, -0.2) is 92.6 Å². The van der Waals surface area contributed by atoms with E-state index in [1.807, 2.05) is 6.07 Å². The fourth-order valence-electron chi connectivity index (χ4n) is 6.76. The van der Waals surface area contributed by atoms with E-state index in [1.54, 1.807) is 19.2 Å². The molecule has 4 atom stereocenters. The molecule has 1 aromatic carbocycles. The molecule has 2 fully saturated rings. The molecule has 3 aliphatic heterocycles. The number of aryl methyl sites for hydroxylation is 1. The summed E-state index contributed by atoms with van der Waals surface area (Å²) >= 11 is 0. The summed E-state index contributed by atoms with van der Waals surface area (Å²) in [4.78, 5) is 16.9. The number of hydrogen-bond acceptors (Lipinski definition) is 9. The maximum Gasteiger partial charge on any atom is 0.319 e. The number of methoxy groups -OCH3 is 1. The molecule has 0 radical (unpaired) electrons. The standard InChI is InChI=1S/C29H38FN7O2/c1-35-17-26(38-2)27(18-35)39-29-33-24-15-22(37-12-3-4-19-5-6-20(30)14-25(19)37)7-8-23(24)28(34-29)36-13-11-32-21(16-36)9-10-31/h5-6,14,21-22,26-27,32H,3-4,7-9,11-13,15-18H2,1-2H3/t21-,22+,26+,27+/m0/s1. The predicted octanol–water partition coefficient (Wildman–Crippen LogP) is 2.33. The summed E-state index contributed by atoms with van der Waals surface area (Å²) in [6, 6.07) is 8.25. The van der Waals surface area contributed by atoms with Gasteiger partial charge in [-0.2, -0.15) is 15.2 Å². The van der Waals surface area contributed by atoms with E-state index in [-0.39, 0.29) is 30.1 Å². The van der Waals surface area contributed by atoms with Crippen molar-refractivity contribution in [3.63, 3.8) is 0 Å². The monoisotopic (exact) mass is 535 g/mol. The second-order valence-electron chi connectivity index (χ2n) is 11.3. The van der Waals surface area contributed by atoms with Gasteiger partial charge in [0.15, 0.2) is 0 Å². The highest BCUT2D eigenvalue weighted by Gasteiger charge is 2.36. The third-order valence-corrected chi connectivity index (χ3v) is 8.70. The first-order chi connectivity index (χ1) is 19.0. The van der Waals surface area contributed by atoms with Crippen LogP contribution in [0.1, 0.15) is 36.1 Å². The van der Waals surface area contributed by atoms with E-state index >= 15 is 0 Å². The van der Waals surface area contributed by atoms with Gasteiger partial charge in [-0.1, -0.05) is 6.07 Å². The molecule has 39 heavy (non-hydrogen) atoms. The zero-order chi connectivity index (χ0) is 26.9. The second kappa shape index (κ2) is 11.2. The number of rotatable bonds is 6. The molecule has 0 spiro atoms. The summed E-state index contributed by atoms with van der Waals surface area (Å²) in [7, 11) is 3.79. The topological polar surface area (TPSA) is 89.8 Å². The summed E-state index contributed by atoms with van der Waals surface area (Å²) in [5, 5.41) is 12.7. The van der Waals surface area contributed by atoms with Gasteiger partial charge in [0, 0.05) is 76.1 Å². The largest absolute Gasteiger partial charge is 0.456 e. The van der Waals surface area contributed by atoms with Crippen molar-refractivity contribution < 1.29 is 13.9 Å². The van der Waals surface area contributed by atoms with Crippen LogP contribution in [0.25, 0.3) is 0 Å². The van der Waals surface area contributed by atoms with Gasteiger partial charge < -0.3 is 24.6 Å². The molecule has 2 saturated heterocycles. The maximum absolute atomic E-state index is 14.2. The lowest BCUT2D eigenvalue weighted by Crippen LogP contribution is -2.51. The van der Waals surface area contributed by atoms with Gasteiger partial charge in [0.25, 0.3) is 0 Å². The molecule has 4 heterocycles. The van der Waals surface area contributed by atoms with E-state index in [0.717, 1.165) is 88.6 Å². The van der Waals surface area contributed by atoms with Gasteiger partial charge in [0.05, 0.1) is 18.2 Å². The Morgan fingerprint density at radius 1 is 1.15 bits per heavy atom. The zero-order valence-corrected chi connectivity index (χ0v) is 22.9. The Labute approximate surface area is 229 Å². The number of piperazine rings is 1. The first-order valence-electron chi connectivity index (χ1n) is 14.2. The molecule has 1 N–H and O–H groups in total. The number of benzene rings is 1. The van der Waals surface area contributed by atoms with Crippen LogP contribution < -0.4 is 19.9 Å². The Kier molecular flexibility index (Phi) is 7.56. The Bertz CT molecular complexity index is 1240. The number of likely N-dealkylation sites (N-methyl/N-ethyl adjacent to an activating group) is 1. The Balaban J connectivity index is 1.32. The molecule has 6 rings (SSSR count). The van der Waals surface area contributed by atoms with Crippen molar-refractivity contribution in [3.05, 3.63) is 40.8 Å². The van der Waals surface area contributed by atoms with Crippen LogP contribution in [0.15, 0.2) is 18.2 Å². The lowest BCUT2D eigenvalue weighted by molar-refractivity contribution is 0.0297. The van der Waals surface area contributed by atoms with Crippen LogP contribution in [-0.2, 0) is 24.0 Å². The third kappa shape index (κ3) is 5.40. The molecule has 208 valence electrons. The number of anilines is 2. The Morgan fingerprint density at radius 2 is 2.03 bits per heavy atom. The molecular weight excluding hydrogens is 497 g/mol. The molecule has 2 aromatic rings. The highest BCUT2D eigenvalue weighted by atomic mass is 19.1. The van der Waals surface area contributed by atoms with Gasteiger partial charge in [-0.3, -0.25) is 4.90 Å². The van der Waals surface area contributed by atoms with Crippen molar-refractivity contribution in [1.82, 2.24) is 20.2 Å². The first-order valence-corrected chi connectivity index (χ1v) is 14.2. The normalized spacial score (nSPS) is 27.1. The third-order valence-electron chi connectivity index (χ3n) is 8.70. The average molecular weight is 536 g/mol. The highest BCUT2D eigenvalue weighted by molar-refractivity contribution is 5.58. The molecule has 1 aromatic heterocycles. The molecule has 0 unspecified atom stereocenters. The lowest BCUT2D eigenvalue weighted by Gasteiger charge is -2.41. The van der Waals surface area contributed by atoms with E-state index in [2.05, 4.69) is 33.1 Å². The van der Waals surface area contributed by atoms with Gasteiger partial charge in [0.1, 0.15) is 23.8 Å². The van der Waals surface area contributed by atoms with Gasteiger partial charge in [-0.05, 0) is 50.4 Å². The number of nitriles is 1. The van der Waals surface area contributed by atoms with E-state index in [4.69, 9.17) is 19.4 Å². The summed E-state index contributed by atoms with van der Waals surface area (Å²) in [5.41, 5.74) is 4.45. The van der Waals surface area contributed by atoms with Crippen molar-refractivity contribution >= 4 is 11.5 Å². The predicted molar refractivity (Wildman–Crippen MR) is 147 cm³/mol. The van der Waals surface area contributed by atoms with Crippen LogP contribution in [0, 0.1) is 17.1 Å². The van der Waals surface area contributed by atoms with E-state index in [0.29, 0.717) is 12.4 Å². The first kappa shape index (κ1) is 26.2. The average Bonchev–Trinajstić information content (AvgIpc) is 3.31. The Morgan fingerprint density at radius 3 is 2.87 bits per heavy atom. The van der Waals surface area contributed by atoms with Crippen molar-refractivity contribution in [2.24, 2.45) is 0 Å². The fourth-order valence-corrected chi connectivity index (χ4v) is 6.76. The minimum absolute atomic E-state index is 0.0372. The molecule has 10 heteroatoms. The summed E-state index contributed by atoms with van der Waals surface area (Å²) in [6.45, 7) is 4.84. The SMILES string of the molecule is CO[C@@H]1CN(C)C[C@H]1Oc1nc2c(c(N3CCN[C@@H](CC#N)C3)n1)CC[C@@H](N1CCCc3ccc(F)cc31)C2. The van der Waals surface area contributed by atoms with Crippen LogP contribution in [0.3, 0.4) is 0 Å². The molecule has 9 nitrogen and oxygen atoms in total. The lowest BCUT2D eigenvalue weighted by atomic mass is 9.88. The van der Waals surface area contributed by atoms with Crippen LogP contribution in [0.5, 0.6) is 6.01 Å². The number of likely N-dealkylation sites (tertiary alicyclic amines) is 1. The molecule has 0 amide bonds. The van der Waals surface area contributed by atoms with Crippen molar-refractivity contribution in [2.45, 2.75) is 62.8 Å². The van der Waals surface area contributed by atoms with Crippen LogP contribution >= 0.6 is 0 Å². The number of nitrogens with one attached hydrogen (secondary N) is 1. The number of aromatic nitrogens is 2. The highest BCUT2D eigenvalue weighted by Crippen LogP contribution is 2.37. The molecule has 0 saturated carbocycles. The van der Waals surface area contributed by atoms with Gasteiger partial charge in [-0.25, -0.2) is 4.39 Å².